The van der Waals surface area contributed by atoms with Gasteiger partial charge in [-0.15, -0.1) is 0 Å². The van der Waals surface area contributed by atoms with Gasteiger partial charge in [0.25, 0.3) is 11.7 Å². The van der Waals surface area contributed by atoms with Gasteiger partial charge in [0.15, 0.2) is 0 Å². The van der Waals surface area contributed by atoms with Gasteiger partial charge in [-0.2, -0.15) is 18.2 Å². The van der Waals surface area contributed by atoms with Crippen LogP contribution in [0, 0.1) is 0 Å². The van der Waals surface area contributed by atoms with Crippen LogP contribution in [0.15, 0.2) is 59.1 Å². The molecule has 3 aromatic rings. The van der Waals surface area contributed by atoms with E-state index < -0.39 is 23.8 Å². The zero-order valence-corrected chi connectivity index (χ0v) is 13.9. The van der Waals surface area contributed by atoms with Crippen LogP contribution in [0.25, 0.3) is 11.4 Å². The SMILES string of the molecule is CN(C(=O)C(=O)c1ccc(-c2noc(C(F)(F)F)n2)cc1)c1ccccc1. The number of benzene rings is 2. The first-order chi connectivity index (χ1) is 12.8. The van der Waals surface area contributed by atoms with Crippen molar-refractivity contribution in [2.45, 2.75) is 6.18 Å². The minimum absolute atomic E-state index is 0.0890. The van der Waals surface area contributed by atoms with E-state index in [4.69, 9.17) is 0 Å². The summed E-state index contributed by atoms with van der Waals surface area (Å²) in [5, 5.41) is 3.26. The number of ketones is 1. The first kappa shape index (κ1) is 18.3. The summed E-state index contributed by atoms with van der Waals surface area (Å²) in [4.78, 5) is 29.2. The van der Waals surface area contributed by atoms with Gasteiger partial charge in [0, 0.05) is 23.9 Å². The van der Waals surface area contributed by atoms with Crippen molar-refractivity contribution in [1.29, 1.82) is 0 Å². The molecule has 9 heteroatoms. The minimum atomic E-state index is -4.74. The third-order valence-electron chi connectivity index (χ3n) is 3.72. The van der Waals surface area contributed by atoms with Crippen LogP contribution in [-0.2, 0) is 11.0 Å². The van der Waals surface area contributed by atoms with Crippen molar-refractivity contribution < 1.29 is 27.3 Å². The zero-order valence-electron chi connectivity index (χ0n) is 13.9. The van der Waals surface area contributed by atoms with E-state index in [1.54, 1.807) is 30.3 Å². The van der Waals surface area contributed by atoms with E-state index >= 15 is 0 Å². The molecule has 1 heterocycles. The number of alkyl halides is 3. The highest BCUT2D eigenvalue weighted by Gasteiger charge is 2.38. The summed E-state index contributed by atoms with van der Waals surface area (Å²) < 4.78 is 41.7. The number of nitrogens with zero attached hydrogens (tertiary/aromatic N) is 3. The first-order valence-electron chi connectivity index (χ1n) is 7.66. The second-order valence-electron chi connectivity index (χ2n) is 5.53. The van der Waals surface area contributed by atoms with E-state index in [0.29, 0.717) is 5.69 Å². The van der Waals surface area contributed by atoms with Crippen LogP contribution in [0.4, 0.5) is 18.9 Å². The maximum Gasteiger partial charge on any atom is 0.471 e. The Labute approximate surface area is 151 Å². The lowest BCUT2D eigenvalue weighted by Crippen LogP contribution is -2.33. The lowest BCUT2D eigenvalue weighted by atomic mass is 10.1. The molecule has 0 fully saturated rings. The molecule has 27 heavy (non-hydrogen) atoms. The third-order valence-corrected chi connectivity index (χ3v) is 3.72. The molecule has 138 valence electrons. The van der Waals surface area contributed by atoms with Gasteiger partial charge in [-0.25, -0.2) is 0 Å². The minimum Gasteiger partial charge on any atom is -0.329 e. The molecule has 0 N–H and O–H groups in total. The number of para-hydroxylation sites is 1. The summed E-state index contributed by atoms with van der Waals surface area (Å²) in [5.41, 5.74) is 0.861. The fourth-order valence-corrected chi connectivity index (χ4v) is 2.27. The summed E-state index contributed by atoms with van der Waals surface area (Å²) in [5.74, 6) is -3.23. The molecular formula is C18H12F3N3O3. The molecule has 0 radical (unpaired) electrons. The van der Waals surface area contributed by atoms with Crippen LogP contribution in [-0.4, -0.2) is 28.9 Å². The molecule has 0 saturated heterocycles. The zero-order chi connectivity index (χ0) is 19.6. The molecule has 0 unspecified atom stereocenters. The molecule has 0 aliphatic heterocycles. The van der Waals surface area contributed by atoms with Crippen molar-refractivity contribution >= 4 is 17.4 Å². The van der Waals surface area contributed by atoms with E-state index in [2.05, 4.69) is 14.7 Å². The molecule has 0 bridgehead atoms. The number of carbonyl (C=O) groups is 2. The molecule has 0 aliphatic rings. The summed E-state index contributed by atoms with van der Waals surface area (Å²) in [6, 6.07) is 13.9. The second-order valence-corrected chi connectivity index (χ2v) is 5.53. The van der Waals surface area contributed by atoms with Gasteiger partial charge >= 0.3 is 12.1 Å². The number of aromatic nitrogens is 2. The van der Waals surface area contributed by atoms with Crippen LogP contribution in [0.1, 0.15) is 16.2 Å². The molecule has 0 aliphatic carbocycles. The molecule has 0 atom stereocenters. The van der Waals surface area contributed by atoms with Crippen molar-refractivity contribution in [2.24, 2.45) is 0 Å². The number of carbonyl (C=O) groups excluding carboxylic acids is 2. The van der Waals surface area contributed by atoms with E-state index in [1.165, 1.54) is 36.2 Å². The molecule has 0 spiro atoms. The van der Waals surface area contributed by atoms with E-state index in [1.807, 2.05) is 0 Å². The number of rotatable bonds is 4. The quantitative estimate of drug-likeness (QED) is 0.514. The fourth-order valence-electron chi connectivity index (χ4n) is 2.27. The monoisotopic (exact) mass is 375 g/mol. The lowest BCUT2D eigenvalue weighted by molar-refractivity contribution is -0.159. The van der Waals surface area contributed by atoms with Crippen molar-refractivity contribution in [1.82, 2.24) is 10.1 Å². The van der Waals surface area contributed by atoms with Gasteiger partial charge in [0.05, 0.1) is 0 Å². The average Bonchev–Trinajstić information content (AvgIpc) is 3.18. The van der Waals surface area contributed by atoms with Crippen LogP contribution >= 0.6 is 0 Å². The van der Waals surface area contributed by atoms with Crippen LogP contribution in [0.2, 0.25) is 0 Å². The van der Waals surface area contributed by atoms with Crippen molar-refractivity contribution in [2.75, 3.05) is 11.9 Å². The Balaban J connectivity index is 1.78. The molecule has 1 aromatic heterocycles. The predicted molar refractivity (Wildman–Crippen MR) is 88.9 cm³/mol. The van der Waals surface area contributed by atoms with E-state index in [9.17, 15) is 22.8 Å². The van der Waals surface area contributed by atoms with E-state index in [0.717, 1.165) is 0 Å². The highest BCUT2D eigenvalue weighted by Crippen LogP contribution is 2.29. The Kier molecular flexibility index (Phi) is 4.76. The standard InChI is InChI=1S/C18H12F3N3O3/c1-24(13-5-3-2-4-6-13)16(26)14(25)11-7-9-12(10-8-11)15-22-17(27-23-15)18(19,20)21/h2-10H,1H3. The molecule has 3 rings (SSSR count). The predicted octanol–water partition coefficient (Wildman–Crippen LogP) is 3.60. The molecule has 1 amide bonds. The number of hydrogen-bond acceptors (Lipinski definition) is 5. The highest BCUT2D eigenvalue weighted by molar-refractivity contribution is 6.47. The molecule has 2 aromatic carbocycles. The van der Waals surface area contributed by atoms with Crippen molar-refractivity contribution in [3.05, 3.63) is 66.1 Å². The Morgan fingerprint density at radius 1 is 1.00 bits per heavy atom. The Morgan fingerprint density at radius 2 is 1.63 bits per heavy atom. The largest absolute Gasteiger partial charge is 0.471 e. The highest BCUT2D eigenvalue weighted by atomic mass is 19.4. The number of Topliss-reactive ketones (excluding diaryl/α,β-unsaturated/α-hetero) is 1. The maximum absolute atomic E-state index is 12.5. The molecule has 6 nitrogen and oxygen atoms in total. The van der Waals surface area contributed by atoms with Gasteiger partial charge in [-0.05, 0) is 12.1 Å². The average molecular weight is 375 g/mol. The van der Waals surface area contributed by atoms with Crippen LogP contribution in [0.5, 0.6) is 0 Å². The summed E-state index contributed by atoms with van der Waals surface area (Å²) >= 11 is 0. The summed E-state index contributed by atoms with van der Waals surface area (Å²) in [6.07, 6.45) is -4.74. The topological polar surface area (TPSA) is 76.3 Å². The van der Waals surface area contributed by atoms with Gasteiger partial charge < -0.3 is 9.42 Å². The van der Waals surface area contributed by atoms with Gasteiger partial charge in [-0.1, -0.05) is 47.6 Å². The number of amides is 1. The third kappa shape index (κ3) is 3.86. The molecule has 0 saturated carbocycles. The lowest BCUT2D eigenvalue weighted by Gasteiger charge is -2.16. The smallest absolute Gasteiger partial charge is 0.329 e. The first-order valence-corrected chi connectivity index (χ1v) is 7.66. The number of anilines is 1. The van der Waals surface area contributed by atoms with Crippen LogP contribution in [0.3, 0.4) is 0 Å². The van der Waals surface area contributed by atoms with Crippen molar-refractivity contribution in [3.8, 4) is 11.4 Å². The fraction of sp³-hybridized carbons (Fsp3) is 0.111. The van der Waals surface area contributed by atoms with Crippen LogP contribution < -0.4 is 4.90 Å². The Bertz CT molecular complexity index is 967. The number of halogens is 3. The van der Waals surface area contributed by atoms with Gasteiger partial charge in [0.1, 0.15) is 0 Å². The van der Waals surface area contributed by atoms with E-state index in [-0.39, 0.29) is 17.0 Å². The maximum atomic E-state index is 12.5. The summed E-state index contributed by atoms with van der Waals surface area (Å²) in [7, 11) is 1.47. The van der Waals surface area contributed by atoms with Gasteiger partial charge in [-0.3, -0.25) is 9.59 Å². The second kappa shape index (κ2) is 7.02. The van der Waals surface area contributed by atoms with Gasteiger partial charge in [0.2, 0.25) is 5.82 Å². The Morgan fingerprint density at radius 3 is 2.19 bits per heavy atom. The number of hydrogen-bond donors (Lipinski definition) is 0. The normalized spacial score (nSPS) is 11.3. The number of likely N-dealkylation sites (N-methyl/N-ethyl adjacent to an activating group) is 1. The molecular weight excluding hydrogens is 363 g/mol. The Hall–Kier alpha value is -3.49. The van der Waals surface area contributed by atoms with Crippen molar-refractivity contribution in [3.63, 3.8) is 0 Å². The summed E-state index contributed by atoms with van der Waals surface area (Å²) in [6.45, 7) is 0.